The molecule has 0 aromatic heterocycles. The molecule has 0 spiro atoms. The van der Waals surface area contributed by atoms with Gasteiger partial charge in [-0.05, 0) is 122 Å². The van der Waals surface area contributed by atoms with Crippen LogP contribution >= 0.6 is 7.82 Å². The van der Waals surface area contributed by atoms with Crippen molar-refractivity contribution in [1.82, 2.24) is 0 Å². The molecule has 0 fully saturated rings. The van der Waals surface area contributed by atoms with E-state index in [2.05, 4.69) is 130 Å². The van der Waals surface area contributed by atoms with Gasteiger partial charge in [-0.25, -0.2) is 4.57 Å². The molecular formula is C64H107O11P. The zero-order valence-corrected chi connectivity index (χ0v) is 48.8. The number of carbonyl (C=O) groups excluding carboxylic acids is 3. The molecule has 0 heterocycles. The van der Waals surface area contributed by atoms with Crippen LogP contribution in [0, 0.1) is 0 Å². The molecule has 0 aliphatic heterocycles. The Morgan fingerprint density at radius 3 is 1.12 bits per heavy atom. The number of esters is 3. The van der Waals surface area contributed by atoms with Gasteiger partial charge in [0, 0.05) is 19.3 Å². The predicted octanol–water partition coefficient (Wildman–Crippen LogP) is 17.8. The van der Waals surface area contributed by atoms with Crippen LogP contribution in [0.4, 0.5) is 0 Å². The van der Waals surface area contributed by atoms with Crippen LogP contribution in [0.5, 0.6) is 0 Å². The predicted molar refractivity (Wildman–Crippen MR) is 316 cm³/mol. The van der Waals surface area contributed by atoms with Gasteiger partial charge in [-0.2, -0.15) is 0 Å². The van der Waals surface area contributed by atoms with Crippen molar-refractivity contribution in [3.8, 4) is 0 Å². The highest BCUT2D eigenvalue weighted by Crippen LogP contribution is 2.43. The van der Waals surface area contributed by atoms with Crippen molar-refractivity contribution in [1.29, 1.82) is 0 Å². The molecule has 0 aromatic rings. The van der Waals surface area contributed by atoms with Crippen LogP contribution in [0.3, 0.4) is 0 Å². The van der Waals surface area contributed by atoms with Gasteiger partial charge in [0.05, 0.1) is 19.8 Å². The van der Waals surface area contributed by atoms with Crippen LogP contribution in [0.1, 0.15) is 239 Å². The maximum absolute atomic E-state index is 12.9. The summed E-state index contributed by atoms with van der Waals surface area (Å²) in [5.41, 5.74) is 0. The van der Waals surface area contributed by atoms with Gasteiger partial charge in [0.15, 0.2) is 6.10 Å². The third-order valence-corrected chi connectivity index (χ3v) is 13.1. The first-order valence-corrected chi connectivity index (χ1v) is 31.3. The molecule has 0 aromatic carbocycles. The Morgan fingerprint density at radius 2 is 0.711 bits per heavy atom. The number of allylic oxidation sites excluding steroid dienone is 18. The summed E-state index contributed by atoms with van der Waals surface area (Å²) in [7, 11) is -4.77. The lowest BCUT2D eigenvalue weighted by Crippen LogP contribution is -2.30. The molecule has 0 aliphatic carbocycles. The van der Waals surface area contributed by atoms with Gasteiger partial charge in [-0.3, -0.25) is 23.4 Å². The van der Waals surface area contributed by atoms with E-state index in [9.17, 15) is 28.9 Å². The number of ether oxygens (including phenoxy) is 3. The van der Waals surface area contributed by atoms with Crippen molar-refractivity contribution in [3.05, 3.63) is 109 Å². The van der Waals surface area contributed by atoms with E-state index in [1.807, 2.05) is 0 Å². The zero-order valence-electron chi connectivity index (χ0n) is 47.9. The Morgan fingerprint density at radius 1 is 0.382 bits per heavy atom. The fraction of sp³-hybridized carbons (Fsp3) is 0.672. The SMILES string of the molecule is CC/C=C\C/C=C\C/C=C\C/C=C\C/C=C\CCCCCC(=O)OC(COC(=O)CCCCCCC/C=C\C/C=C\CCC)COP(=O)(O)OCC(CO)OC(=O)CCCCCCCCC/C=C\C/C=C\CCCCC. The van der Waals surface area contributed by atoms with E-state index in [1.165, 1.54) is 38.5 Å². The average molecular weight is 1080 g/mol. The van der Waals surface area contributed by atoms with E-state index in [0.29, 0.717) is 19.3 Å². The first-order valence-electron chi connectivity index (χ1n) is 29.8. The van der Waals surface area contributed by atoms with E-state index < -0.39 is 57.8 Å². The normalized spacial score (nSPS) is 14.1. The van der Waals surface area contributed by atoms with Gasteiger partial charge in [-0.15, -0.1) is 0 Å². The third kappa shape index (κ3) is 54.9. The molecule has 12 heteroatoms. The number of aliphatic hydroxyl groups excluding tert-OH is 1. The average Bonchev–Trinajstić information content (AvgIpc) is 3.41. The minimum absolute atomic E-state index is 0.120. The number of carbonyl (C=O) groups is 3. The maximum atomic E-state index is 12.9. The van der Waals surface area contributed by atoms with Crippen molar-refractivity contribution >= 4 is 25.7 Å². The van der Waals surface area contributed by atoms with E-state index in [-0.39, 0.29) is 25.9 Å². The summed E-state index contributed by atoms with van der Waals surface area (Å²) in [4.78, 5) is 48.6. The molecule has 11 nitrogen and oxygen atoms in total. The number of unbranched alkanes of at least 4 members (excludes halogenated alkanes) is 19. The maximum Gasteiger partial charge on any atom is 0.472 e. The lowest BCUT2D eigenvalue weighted by molar-refractivity contribution is -0.161. The highest BCUT2D eigenvalue weighted by Gasteiger charge is 2.28. The highest BCUT2D eigenvalue weighted by atomic mass is 31.2. The minimum atomic E-state index is -4.77. The van der Waals surface area contributed by atoms with Crippen molar-refractivity contribution in [2.24, 2.45) is 0 Å². The summed E-state index contributed by atoms with van der Waals surface area (Å²) in [5, 5.41) is 9.83. The topological polar surface area (TPSA) is 155 Å². The minimum Gasteiger partial charge on any atom is -0.462 e. The number of phosphoric ester groups is 1. The quantitative estimate of drug-likeness (QED) is 0.0197. The number of rotatable bonds is 54. The summed E-state index contributed by atoms with van der Waals surface area (Å²) in [5.74, 6) is -1.54. The van der Waals surface area contributed by atoms with Gasteiger partial charge in [0.2, 0.25) is 0 Å². The summed E-state index contributed by atoms with van der Waals surface area (Å²) < 4.78 is 39.5. The van der Waals surface area contributed by atoms with Gasteiger partial charge < -0.3 is 24.2 Å². The summed E-state index contributed by atoms with van der Waals surface area (Å²) in [6, 6.07) is 0. The standard InChI is InChI=1S/C64H107O11P/c1-4-7-10-13-16-19-22-25-27-29-30-32-34-37-40-43-46-49-52-55-64(68)75-61(57-71-62(66)53-50-47-44-41-38-35-24-21-18-15-12-9-6-3)59-73-76(69,70)72-58-60(56-65)74-63(67)54-51-48-45-42-39-36-33-31-28-26-23-20-17-14-11-8-5-2/h7,10,12,15-17,19-21,24-28,30,32,37,40,60-61,65H,4-6,8-9,11,13-14,18,22-23,29,31,33-36,38-39,41-59H2,1-3H3,(H,69,70)/b10-7-,15-12-,19-16-,20-17-,24-21-,27-25-,28-26-,32-30-,40-37-. The summed E-state index contributed by atoms with van der Waals surface area (Å²) in [6.45, 7) is 4.38. The second-order valence-corrected chi connectivity index (χ2v) is 20.9. The van der Waals surface area contributed by atoms with Crippen LogP contribution in [0.15, 0.2) is 109 Å². The van der Waals surface area contributed by atoms with Crippen LogP contribution in [-0.2, 0) is 42.2 Å². The lowest BCUT2D eigenvalue weighted by atomic mass is 10.1. The second-order valence-electron chi connectivity index (χ2n) is 19.4. The Kier molecular flexibility index (Phi) is 54.4. The van der Waals surface area contributed by atoms with Gasteiger partial charge in [0.25, 0.3) is 0 Å². The van der Waals surface area contributed by atoms with E-state index in [0.717, 1.165) is 141 Å². The molecule has 434 valence electrons. The molecule has 2 N–H and O–H groups in total. The monoisotopic (exact) mass is 1080 g/mol. The van der Waals surface area contributed by atoms with Crippen molar-refractivity contribution in [2.45, 2.75) is 251 Å². The lowest BCUT2D eigenvalue weighted by Gasteiger charge is -2.21. The molecule has 0 saturated heterocycles. The molecule has 0 amide bonds. The second kappa shape index (κ2) is 57.3. The molecule has 0 bridgehead atoms. The van der Waals surface area contributed by atoms with Gasteiger partial charge in [-0.1, -0.05) is 207 Å². The number of hydrogen-bond donors (Lipinski definition) is 2. The summed E-state index contributed by atoms with van der Waals surface area (Å²) >= 11 is 0. The van der Waals surface area contributed by atoms with Crippen LogP contribution in [0.2, 0.25) is 0 Å². The van der Waals surface area contributed by atoms with E-state index in [4.69, 9.17) is 23.3 Å². The van der Waals surface area contributed by atoms with Gasteiger partial charge in [0.1, 0.15) is 12.7 Å². The highest BCUT2D eigenvalue weighted by molar-refractivity contribution is 7.47. The van der Waals surface area contributed by atoms with Crippen LogP contribution in [0.25, 0.3) is 0 Å². The zero-order chi connectivity index (χ0) is 55.5. The fourth-order valence-corrected chi connectivity index (χ4v) is 8.41. The Balaban J connectivity index is 4.78. The fourth-order valence-electron chi connectivity index (χ4n) is 7.63. The molecule has 0 rings (SSSR count). The molecule has 3 atom stereocenters. The number of phosphoric acid groups is 1. The van der Waals surface area contributed by atoms with Crippen LogP contribution in [-0.4, -0.2) is 66.5 Å². The van der Waals surface area contributed by atoms with Crippen molar-refractivity contribution in [2.75, 3.05) is 26.4 Å². The Bertz CT molecular complexity index is 1690. The first kappa shape index (κ1) is 72.1. The smallest absolute Gasteiger partial charge is 0.462 e. The summed E-state index contributed by atoms with van der Waals surface area (Å²) in [6.07, 6.45) is 69.0. The third-order valence-electron chi connectivity index (χ3n) is 12.1. The van der Waals surface area contributed by atoms with Crippen LogP contribution < -0.4 is 0 Å². The molecule has 0 aliphatic rings. The molecule has 0 radical (unpaired) electrons. The molecule has 0 saturated carbocycles. The Hall–Kier alpha value is -3.86. The first-order chi connectivity index (χ1) is 37.2. The van der Waals surface area contributed by atoms with Crippen molar-refractivity contribution in [3.63, 3.8) is 0 Å². The van der Waals surface area contributed by atoms with Gasteiger partial charge >= 0.3 is 25.7 Å². The van der Waals surface area contributed by atoms with Crippen molar-refractivity contribution < 1.29 is 52.2 Å². The number of hydrogen-bond acceptors (Lipinski definition) is 10. The van der Waals surface area contributed by atoms with E-state index >= 15 is 0 Å². The molecule has 76 heavy (non-hydrogen) atoms. The Labute approximate surface area is 463 Å². The molecule has 3 unspecified atom stereocenters. The number of aliphatic hydroxyl groups is 1. The largest absolute Gasteiger partial charge is 0.472 e. The molecular weight excluding hydrogens is 976 g/mol. The van der Waals surface area contributed by atoms with E-state index in [1.54, 1.807) is 0 Å².